The van der Waals surface area contributed by atoms with Crippen molar-refractivity contribution in [2.75, 3.05) is 11.9 Å². The lowest BCUT2D eigenvalue weighted by Gasteiger charge is -2.62. The van der Waals surface area contributed by atoms with E-state index in [9.17, 15) is 0 Å². The maximum absolute atomic E-state index is 5.86. The summed E-state index contributed by atoms with van der Waals surface area (Å²) in [4.78, 5) is 8.29. The molecule has 3 aliphatic carbocycles. The molecule has 0 radical (unpaired) electrons. The Morgan fingerprint density at radius 1 is 1.56 bits per heavy atom. The van der Waals surface area contributed by atoms with Crippen LogP contribution in [0.4, 0.5) is 5.82 Å². The smallest absolute Gasteiger partial charge is 0.224 e. The molecule has 3 fully saturated rings. The van der Waals surface area contributed by atoms with Crippen LogP contribution in [-0.4, -0.2) is 22.1 Å². The molecule has 0 saturated heterocycles. The maximum atomic E-state index is 5.86. The van der Waals surface area contributed by atoms with Gasteiger partial charge in [0.2, 0.25) is 5.28 Å². The van der Waals surface area contributed by atoms with Gasteiger partial charge in [0.25, 0.3) is 0 Å². The second-order valence-corrected chi connectivity index (χ2v) is 5.42. The van der Waals surface area contributed by atoms with Gasteiger partial charge >= 0.3 is 0 Å². The molecule has 5 heteroatoms. The van der Waals surface area contributed by atoms with Crippen molar-refractivity contribution in [3.63, 3.8) is 0 Å². The number of ether oxygens (including phenoxy) is 1. The number of nitrogens with one attached hydrogen (secondary N) is 1. The van der Waals surface area contributed by atoms with Crippen molar-refractivity contribution in [2.24, 2.45) is 5.92 Å². The van der Waals surface area contributed by atoms with Gasteiger partial charge in [-0.2, -0.15) is 0 Å². The van der Waals surface area contributed by atoms with Crippen LogP contribution in [0.1, 0.15) is 31.7 Å². The summed E-state index contributed by atoms with van der Waals surface area (Å²) < 4.78 is 5.21. The van der Waals surface area contributed by atoms with Crippen molar-refractivity contribution < 1.29 is 4.74 Å². The SMILES string of the molecule is CCO/C=C\c1cnc(Cl)nc1NC12CC(C1)C2. The predicted molar refractivity (Wildman–Crippen MR) is 71.4 cm³/mol. The minimum atomic E-state index is 0.274. The van der Waals surface area contributed by atoms with Crippen LogP contribution in [0.3, 0.4) is 0 Å². The van der Waals surface area contributed by atoms with E-state index in [2.05, 4.69) is 15.3 Å². The van der Waals surface area contributed by atoms with Gasteiger partial charge in [0.1, 0.15) is 5.82 Å². The van der Waals surface area contributed by atoms with Crippen molar-refractivity contribution in [2.45, 2.75) is 31.7 Å². The Morgan fingerprint density at radius 3 is 2.94 bits per heavy atom. The van der Waals surface area contributed by atoms with E-state index in [0.717, 1.165) is 17.3 Å². The molecule has 96 valence electrons. The quantitative estimate of drug-likeness (QED) is 0.656. The standard InChI is InChI=1S/C13H16ClN3O/c1-2-18-4-3-10-8-15-12(14)16-11(10)17-13-5-9(6-13)7-13/h3-4,8-9H,2,5-7H2,1H3,(H,15,16,17)/b4-3-. The van der Waals surface area contributed by atoms with E-state index >= 15 is 0 Å². The lowest BCUT2D eigenvalue weighted by atomic mass is 9.50. The second-order valence-electron chi connectivity index (χ2n) is 5.08. The highest BCUT2D eigenvalue weighted by atomic mass is 35.5. The summed E-state index contributed by atoms with van der Waals surface area (Å²) in [5.74, 6) is 1.74. The van der Waals surface area contributed by atoms with Crippen LogP contribution in [0.5, 0.6) is 0 Å². The van der Waals surface area contributed by atoms with Crippen molar-refractivity contribution in [1.82, 2.24) is 9.97 Å². The highest BCUT2D eigenvalue weighted by Gasteiger charge is 2.56. The normalized spacial score (nSPS) is 28.7. The van der Waals surface area contributed by atoms with E-state index in [-0.39, 0.29) is 10.8 Å². The largest absolute Gasteiger partial charge is 0.501 e. The third-order valence-corrected chi connectivity index (χ3v) is 3.90. The fourth-order valence-corrected chi connectivity index (χ4v) is 2.83. The van der Waals surface area contributed by atoms with Crippen molar-refractivity contribution in [3.8, 4) is 0 Å². The molecule has 0 atom stereocenters. The van der Waals surface area contributed by atoms with Gasteiger partial charge in [0.15, 0.2) is 0 Å². The van der Waals surface area contributed by atoms with Gasteiger partial charge < -0.3 is 10.1 Å². The fourth-order valence-electron chi connectivity index (χ4n) is 2.69. The topological polar surface area (TPSA) is 47.0 Å². The molecule has 4 rings (SSSR count). The van der Waals surface area contributed by atoms with Gasteiger partial charge in [0, 0.05) is 17.3 Å². The lowest BCUT2D eigenvalue weighted by Crippen LogP contribution is -2.63. The Morgan fingerprint density at radius 2 is 2.33 bits per heavy atom. The molecule has 2 bridgehead atoms. The molecule has 0 unspecified atom stereocenters. The average molecular weight is 266 g/mol. The zero-order valence-electron chi connectivity index (χ0n) is 10.3. The number of aromatic nitrogens is 2. The average Bonchev–Trinajstić information content (AvgIpc) is 2.25. The summed E-state index contributed by atoms with van der Waals surface area (Å²) in [7, 11) is 0. The zero-order valence-corrected chi connectivity index (χ0v) is 11.1. The molecule has 0 aliphatic heterocycles. The summed E-state index contributed by atoms with van der Waals surface area (Å²) in [6.45, 7) is 2.60. The Kier molecular flexibility index (Phi) is 2.90. The molecular formula is C13H16ClN3O. The lowest BCUT2D eigenvalue weighted by molar-refractivity contribution is 0.00179. The highest BCUT2D eigenvalue weighted by Crippen LogP contribution is 2.58. The molecule has 3 saturated carbocycles. The molecule has 0 aromatic carbocycles. The molecule has 1 N–H and O–H groups in total. The first-order valence-corrected chi connectivity index (χ1v) is 6.67. The molecule has 4 nitrogen and oxygen atoms in total. The molecule has 1 heterocycles. The number of nitrogens with zero attached hydrogens (tertiary/aromatic N) is 2. The molecule has 0 spiro atoms. The molecule has 1 aromatic rings. The van der Waals surface area contributed by atoms with Gasteiger partial charge in [-0.15, -0.1) is 0 Å². The molecule has 0 amide bonds. The van der Waals surface area contributed by atoms with E-state index < -0.39 is 0 Å². The first-order chi connectivity index (χ1) is 8.71. The third-order valence-electron chi connectivity index (χ3n) is 3.72. The zero-order chi connectivity index (χ0) is 12.6. The van der Waals surface area contributed by atoms with Crippen molar-refractivity contribution >= 4 is 23.5 Å². The third kappa shape index (κ3) is 2.05. The summed E-state index contributed by atoms with van der Waals surface area (Å²) in [5.41, 5.74) is 1.19. The number of hydrogen-bond donors (Lipinski definition) is 1. The van der Waals surface area contributed by atoms with Gasteiger partial charge in [0.05, 0.1) is 12.9 Å². The Labute approximate surface area is 111 Å². The Balaban J connectivity index is 1.78. The van der Waals surface area contributed by atoms with E-state index in [0.29, 0.717) is 6.61 Å². The summed E-state index contributed by atoms with van der Waals surface area (Å²) in [6, 6.07) is 0. The predicted octanol–water partition coefficient (Wildman–Crippen LogP) is 3.10. The van der Waals surface area contributed by atoms with E-state index in [1.165, 1.54) is 19.3 Å². The van der Waals surface area contributed by atoms with E-state index in [1.807, 2.05) is 13.0 Å². The van der Waals surface area contributed by atoms with E-state index in [1.54, 1.807) is 12.5 Å². The number of rotatable bonds is 5. The van der Waals surface area contributed by atoms with Gasteiger partial charge in [-0.25, -0.2) is 9.97 Å². The Bertz CT molecular complexity index is 472. The van der Waals surface area contributed by atoms with Crippen molar-refractivity contribution in [3.05, 3.63) is 23.3 Å². The Hall–Kier alpha value is -1.29. The first kappa shape index (κ1) is 11.8. The minimum Gasteiger partial charge on any atom is -0.501 e. The minimum absolute atomic E-state index is 0.274. The van der Waals surface area contributed by atoms with Crippen LogP contribution in [0.25, 0.3) is 6.08 Å². The van der Waals surface area contributed by atoms with Crippen LogP contribution in [0, 0.1) is 5.92 Å². The molecular weight excluding hydrogens is 250 g/mol. The van der Waals surface area contributed by atoms with Crippen molar-refractivity contribution in [1.29, 1.82) is 0 Å². The number of hydrogen-bond acceptors (Lipinski definition) is 4. The monoisotopic (exact) mass is 265 g/mol. The molecule has 18 heavy (non-hydrogen) atoms. The number of halogens is 1. The van der Waals surface area contributed by atoms with Crippen LogP contribution < -0.4 is 5.32 Å². The van der Waals surface area contributed by atoms with Gasteiger partial charge in [-0.05, 0) is 49.8 Å². The highest BCUT2D eigenvalue weighted by molar-refractivity contribution is 6.28. The summed E-state index contributed by atoms with van der Waals surface area (Å²) in [6.07, 6.45) is 9.02. The number of anilines is 1. The van der Waals surface area contributed by atoms with Crippen LogP contribution in [0.15, 0.2) is 12.5 Å². The van der Waals surface area contributed by atoms with Crippen LogP contribution in [-0.2, 0) is 4.74 Å². The van der Waals surface area contributed by atoms with Crippen LogP contribution in [0.2, 0.25) is 5.28 Å². The molecule has 1 aromatic heterocycles. The summed E-state index contributed by atoms with van der Waals surface area (Å²) in [5, 5.41) is 3.79. The van der Waals surface area contributed by atoms with Gasteiger partial charge in [-0.1, -0.05) is 0 Å². The van der Waals surface area contributed by atoms with Crippen LogP contribution >= 0.6 is 11.6 Å². The van der Waals surface area contributed by atoms with E-state index in [4.69, 9.17) is 16.3 Å². The molecule has 3 aliphatic rings. The summed E-state index contributed by atoms with van der Waals surface area (Å²) >= 11 is 5.86. The van der Waals surface area contributed by atoms with Gasteiger partial charge in [-0.3, -0.25) is 0 Å². The maximum Gasteiger partial charge on any atom is 0.224 e. The fraction of sp³-hybridized carbons (Fsp3) is 0.538. The first-order valence-electron chi connectivity index (χ1n) is 6.30. The second kappa shape index (κ2) is 4.43.